The summed E-state index contributed by atoms with van der Waals surface area (Å²) < 4.78 is 0. The van der Waals surface area contributed by atoms with Crippen LogP contribution in [0.5, 0.6) is 0 Å². The zero-order chi connectivity index (χ0) is 10.1. The average molecular weight is 188 g/mol. The summed E-state index contributed by atoms with van der Waals surface area (Å²) in [5, 5.41) is 3.24. The Morgan fingerprint density at radius 3 is 2.79 bits per heavy atom. The first kappa shape index (κ1) is 9.13. The van der Waals surface area contributed by atoms with Gasteiger partial charge in [0.15, 0.2) is 0 Å². The molecule has 74 valence electrons. The molecule has 0 spiro atoms. The van der Waals surface area contributed by atoms with Crippen LogP contribution in [0.2, 0.25) is 0 Å². The van der Waals surface area contributed by atoms with Gasteiger partial charge in [-0.05, 0) is 23.6 Å². The van der Waals surface area contributed by atoms with E-state index in [1.54, 1.807) is 0 Å². The number of hydrogen-bond acceptors (Lipinski definition) is 2. The van der Waals surface area contributed by atoms with E-state index in [0.717, 1.165) is 0 Å². The van der Waals surface area contributed by atoms with Gasteiger partial charge in [-0.25, -0.2) is 0 Å². The van der Waals surface area contributed by atoms with Crippen LogP contribution in [-0.4, -0.2) is 7.05 Å². The third-order valence-electron chi connectivity index (χ3n) is 2.61. The predicted molar refractivity (Wildman–Crippen MR) is 61.7 cm³/mol. The van der Waals surface area contributed by atoms with E-state index in [4.69, 9.17) is 0 Å². The molecular formula is C12H16N2. The van der Waals surface area contributed by atoms with E-state index < -0.39 is 0 Å². The third-order valence-corrected chi connectivity index (χ3v) is 2.61. The fourth-order valence-electron chi connectivity index (χ4n) is 1.64. The van der Waals surface area contributed by atoms with Crippen molar-refractivity contribution in [2.45, 2.75) is 19.8 Å². The van der Waals surface area contributed by atoms with Crippen molar-refractivity contribution in [2.24, 2.45) is 0 Å². The van der Waals surface area contributed by atoms with Crippen LogP contribution in [0, 0.1) is 0 Å². The Labute approximate surface area is 85.2 Å². The van der Waals surface area contributed by atoms with E-state index in [0.29, 0.717) is 5.92 Å². The molecule has 0 aromatic heterocycles. The lowest BCUT2D eigenvalue weighted by Gasteiger charge is -2.24. The maximum atomic E-state index is 3.24. The summed E-state index contributed by atoms with van der Waals surface area (Å²) in [6, 6.07) is 6.57. The zero-order valence-corrected chi connectivity index (χ0v) is 8.91. The number of hydrogen-bond donors (Lipinski definition) is 1. The minimum absolute atomic E-state index is 0.583. The minimum atomic E-state index is 0.583. The monoisotopic (exact) mass is 188 g/mol. The Morgan fingerprint density at radius 1 is 1.29 bits per heavy atom. The van der Waals surface area contributed by atoms with E-state index in [1.807, 2.05) is 12.4 Å². The van der Waals surface area contributed by atoms with Crippen LogP contribution in [0.4, 0.5) is 11.4 Å². The van der Waals surface area contributed by atoms with Gasteiger partial charge in [-0.3, -0.25) is 0 Å². The first-order valence-electron chi connectivity index (χ1n) is 4.98. The van der Waals surface area contributed by atoms with Crippen molar-refractivity contribution in [3.05, 3.63) is 36.2 Å². The summed E-state index contributed by atoms with van der Waals surface area (Å²) in [6.07, 6.45) is 3.99. The molecule has 0 saturated carbocycles. The van der Waals surface area contributed by atoms with Crippen molar-refractivity contribution in [2.75, 3.05) is 17.3 Å². The molecule has 0 aliphatic carbocycles. The molecule has 1 aliphatic heterocycles. The topological polar surface area (TPSA) is 15.3 Å². The molecule has 1 aromatic rings. The smallest absolute Gasteiger partial charge is 0.0645 e. The summed E-state index contributed by atoms with van der Waals surface area (Å²) >= 11 is 0. The van der Waals surface area contributed by atoms with Crippen LogP contribution in [0.25, 0.3) is 0 Å². The molecule has 2 rings (SSSR count). The van der Waals surface area contributed by atoms with Crippen molar-refractivity contribution in [3.8, 4) is 0 Å². The number of anilines is 2. The Balaban J connectivity index is 2.44. The highest BCUT2D eigenvalue weighted by atomic mass is 15.1. The predicted octanol–water partition coefficient (Wildman–Crippen LogP) is 3.14. The van der Waals surface area contributed by atoms with Gasteiger partial charge in [0.2, 0.25) is 0 Å². The van der Waals surface area contributed by atoms with Crippen LogP contribution in [0.3, 0.4) is 0 Å². The maximum absolute atomic E-state index is 3.24. The number of benzene rings is 1. The number of nitrogens with one attached hydrogen (secondary N) is 1. The van der Waals surface area contributed by atoms with Crippen molar-refractivity contribution in [3.63, 3.8) is 0 Å². The van der Waals surface area contributed by atoms with E-state index >= 15 is 0 Å². The average Bonchev–Trinajstić information content (AvgIpc) is 2.18. The van der Waals surface area contributed by atoms with E-state index in [9.17, 15) is 0 Å². The lowest BCUT2D eigenvalue weighted by atomic mass is 10.0. The van der Waals surface area contributed by atoms with Gasteiger partial charge in [0, 0.05) is 19.4 Å². The van der Waals surface area contributed by atoms with Crippen molar-refractivity contribution in [1.29, 1.82) is 0 Å². The van der Waals surface area contributed by atoms with E-state index in [-0.39, 0.29) is 0 Å². The standard InChI is InChI=1S/C12H16N2/c1-9(2)10-4-5-11-12(8-10)14(3)7-6-13-11/h4-9,13H,1-3H3. The van der Waals surface area contributed by atoms with Crippen LogP contribution in [-0.2, 0) is 0 Å². The molecule has 0 atom stereocenters. The number of fused-ring (bicyclic) bond motifs is 1. The molecule has 0 unspecified atom stereocenters. The van der Waals surface area contributed by atoms with E-state index in [2.05, 4.69) is 49.3 Å². The molecule has 1 N–H and O–H groups in total. The lowest BCUT2D eigenvalue weighted by Crippen LogP contribution is -2.15. The van der Waals surface area contributed by atoms with Gasteiger partial charge in [0.25, 0.3) is 0 Å². The number of nitrogens with zero attached hydrogens (tertiary/aromatic N) is 1. The molecule has 2 nitrogen and oxygen atoms in total. The minimum Gasteiger partial charge on any atom is -0.359 e. The van der Waals surface area contributed by atoms with Gasteiger partial charge in [0.05, 0.1) is 11.4 Å². The Morgan fingerprint density at radius 2 is 2.07 bits per heavy atom. The van der Waals surface area contributed by atoms with Gasteiger partial charge < -0.3 is 10.2 Å². The fourth-order valence-corrected chi connectivity index (χ4v) is 1.64. The second kappa shape index (κ2) is 3.37. The van der Waals surface area contributed by atoms with Gasteiger partial charge in [-0.2, -0.15) is 0 Å². The molecule has 1 heterocycles. The lowest BCUT2D eigenvalue weighted by molar-refractivity contribution is 0.866. The summed E-state index contributed by atoms with van der Waals surface area (Å²) in [5.74, 6) is 0.583. The third kappa shape index (κ3) is 1.48. The van der Waals surface area contributed by atoms with Crippen molar-refractivity contribution < 1.29 is 0 Å². The zero-order valence-electron chi connectivity index (χ0n) is 8.91. The van der Waals surface area contributed by atoms with Crippen molar-refractivity contribution in [1.82, 2.24) is 0 Å². The van der Waals surface area contributed by atoms with Crippen LogP contribution < -0.4 is 10.2 Å². The molecule has 0 amide bonds. The Kier molecular flexibility index (Phi) is 2.20. The summed E-state index contributed by atoms with van der Waals surface area (Å²) in [5.41, 5.74) is 3.81. The SMILES string of the molecule is CC(C)c1ccc2c(c1)N(C)C=CN2. The fraction of sp³-hybridized carbons (Fsp3) is 0.333. The highest BCUT2D eigenvalue weighted by Crippen LogP contribution is 2.31. The largest absolute Gasteiger partial charge is 0.359 e. The molecule has 2 heteroatoms. The first-order chi connectivity index (χ1) is 6.68. The highest BCUT2D eigenvalue weighted by Gasteiger charge is 2.10. The second-order valence-corrected chi connectivity index (χ2v) is 4.00. The highest BCUT2D eigenvalue weighted by molar-refractivity contribution is 5.75. The van der Waals surface area contributed by atoms with Crippen LogP contribution >= 0.6 is 0 Å². The van der Waals surface area contributed by atoms with Gasteiger partial charge >= 0.3 is 0 Å². The van der Waals surface area contributed by atoms with Gasteiger partial charge in [-0.15, -0.1) is 0 Å². The summed E-state index contributed by atoms with van der Waals surface area (Å²) in [4.78, 5) is 2.14. The molecule has 14 heavy (non-hydrogen) atoms. The molecule has 1 aromatic carbocycles. The Bertz CT molecular complexity index is 367. The normalized spacial score (nSPS) is 14.1. The van der Waals surface area contributed by atoms with Crippen LogP contribution in [0.15, 0.2) is 30.6 Å². The summed E-state index contributed by atoms with van der Waals surface area (Å²) in [6.45, 7) is 4.43. The molecular weight excluding hydrogens is 172 g/mol. The second-order valence-electron chi connectivity index (χ2n) is 4.00. The van der Waals surface area contributed by atoms with E-state index in [1.165, 1.54) is 16.9 Å². The van der Waals surface area contributed by atoms with Crippen LogP contribution in [0.1, 0.15) is 25.3 Å². The molecule has 0 radical (unpaired) electrons. The van der Waals surface area contributed by atoms with Gasteiger partial charge in [-0.1, -0.05) is 19.9 Å². The first-order valence-corrected chi connectivity index (χ1v) is 4.98. The quantitative estimate of drug-likeness (QED) is 0.728. The molecule has 0 saturated heterocycles. The Hall–Kier alpha value is -1.44. The molecule has 0 fully saturated rings. The molecule has 1 aliphatic rings. The molecule has 0 bridgehead atoms. The van der Waals surface area contributed by atoms with Gasteiger partial charge in [0.1, 0.15) is 0 Å². The number of rotatable bonds is 1. The maximum Gasteiger partial charge on any atom is 0.0645 e. The van der Waals surface area contributed by atoms with Crippen molar-refractivity contribution >= 4 is 11.4 Å². The summed E-state index contributed by atoms with van der Waals surface area (Å²) in [7, 11) is 2.07.